The Morgan fingerprint density at radius 2 is 2.18 bits per heavy atom. The zero-order valence-electron chi connectivity index (χ0n) is 10.9. The first-order chi connectivity index (χ1) is 7.95. The Bertz CT molecular complexity index is 399. The van der Waals surface area contributed by atoms with Gasteiger partial charge in [-0.1, -0.05) is 13.8 Å². The van der Waals surface area contributed by atoms with Crippen LogP contribution in [0.2, 0.25) is 0 Å². The second-order valence-corrected chi connectivity index (χ2v) is 5.21. The Kier molecular flexibility index (Phi) is 5.33. The maximum absolute atomic E-state index is 11.8. The third-order valence-electron chi connectivity index (χ3n) is 2.52. The lowest BCUT2D eigenvalue weighted by atomic mass is 10.2. The number of hydrogen-bond acceptors (Lipinski definition) is 3. The molecule has 0 spiro atoms. The van der Waals surface area contributed by atoms with E-state index in [2.05, 4.69) is 26.3 Å². The summed E-state index contributed by atoms with van der Waals surface area (Å²) in [6, 6.07) is 0.334. The molecule has 5 heteroatoms. The van der Waals surface area contributed by atoms with Crippen molar-refractivity contribution in [3.8, 4) is 0 Å². The summed E-state index contributed by atoms with van der Waals surface area (Å²) in [5.41, 5.74) is 1.91. The zero-order valence-corrected chi connectivity index (χ0v) is 12.5. The topological polar surface area (TPSA) is 46.9 Å². The summed E-state index contributed by atoms with van der Waals surface area (Å²) in [6.07, 6.45) is 0.426. The second-order valence-electron chi connectivity index (χ2n) is 4.41. The van der Waals surface area contributed by atoms with E-state index >= 15 is 0 Å². The van der Waals surface area contributed by atoms with E-state index in [0.717, 1.165) is 22.4 Å². The Labute approximate surface area is 111 Å². The van der Waals surface area contributed by atoms with Crippen LogP contribution in [0.15, 0.2) is 4.47 Å². The molecule has 0 bridgehead atoms. The van der Waals surface area contributed by atoms with Crippen LogP contribution >= 0.6 is 15.9 Å². The molecule has 4 nitrogen and oxygen atoms in total. The molecule has 1 aromatic rings. The first-order valence-electron chi connectivity index (χ1n) is 5.92. The van der Waals surface area contributed by atoms with E-state index in [1.54, 1.807) is 0 Å². The minimum absolute atomic E-state index is 0.189. The van der Waals surface area contributed by atoms with E-state index in [4.69, 9.17) is 0 Å². The third kappa shape index (κ3) is 3.92. The molecule has 1 N–H and O–H groups in total. The van der Waals surface area contributed by atoms with Gasteiger partial charge in [0.25, 0.3) is 0 Å². The SMILES string of the molecule is CCn1nc(C)c(Br)c1CC(=O)CNC(C)C. The minimum Gasteiger partial charge on any atom is -0.308 e. The molecule has 0 fully saturated rings. The summed E-state index contributed by atoms with van der Waals surface area (Å²) in [4.78, 5) is 11.8. The van der Waals surface area contributed by atoms with Crippen LogP contribution in [0.25, 0.3) is 0 Å². The molecule has 0 radical (unpaired) electrons. The summed E-state index contributed by atoms with van der Waals surface area (Å²) in [5, 5.41) is 7.51. The predicted molar refractivity (Wildman–Crippen MR) is 72.2 cm³/mol. The Balaban J connectivity index is 2.70. The second kappa shape index (κ2) is 6.31. The van der Waals surface area contributed by atoms with Crippen molar-refractivity contribution in [2.75, 3.05) is 6.54 Å². The third-order valence-corrected chi connectivity index (χ3v) is 3.56. The lowest BCUT2D eigenvalue weighted by Gasteiger charge is -2.08. The summed E-state index contributed by atoms with van der Waals surface area (Å²) < 4.78 is 2.84. The van der Waals surface area contributed by atoms with Gasteiger partial charge in [0.15, 0.2) is 5.78 Å². The number of carbonyl (C=O) groups is 1. The number of nitrogens with zero attached hydrogens (tertiary/aromatic N) is 2. The fourth-order valence-electron chi connectivity index (χ4n) is 1.61. The van der Waals surface area contributed by atoms with Crippen molar-refractivity contribution in [3.05, 3.63) is 15.9 Å². The Hall–Kier alpha value is -0.680. The van der Waals surface area contributed by atoms with Crippen molar-refractivity contribution < 1.29 is 4.79 Å². The number of halogens is 1. The summed E-state index contributed by atoms with van der Waals surface area (Å²) >= 11 is 3.49. The molecule has 0 aliphatic heterocycles. The van der Waals surface area contributed by atoms with Gasteiger partial charge in [0, 0.05) is 12.6 Å². The van der Waals surface area contributed by atoms with Crippen LogP contribution in [0.5, 0.6) is 0 Å². The van der Waals surface area contributed by atoms with Crippen LogP contribution in [-0.2, 0) is 17.8 Å². The van der Waals surface area contributed by atoms with Crippen LogP contribution in [0.3, 0.4) is 0 Å². The molecule has 0 amide bonds. The largest absolute Gasteiger partial charge is 0.308 e. The molecule has 1 heterocycles. The van der Waals surface area contributed by atoms with Gasteiger partial charge in [-0.3, -0.25) is 9.48 Å². The molecule has 0 saturated carbocycles. The van der Waals surface area contributed by atoms with Crippen LogP contribution in [-0.4, -0.2) is 28.2 Å². The van der Waals surface area contributed by atoms with Crippen molar-refractivity contribution >= 4 is 21.7 Å². The summed E-state index contributed by atoms with van der Waals surface area (Å²) in [5.74, 6) is 0.189. The molecule has 17 heavy (non-hydrogen) atoms. The van der Waals surface area contributed by atoms with Crippen LogP contribution in [0.4, 0.5) is 0 Å². The fraction of sp³-hybridized carbons (Fsp3) is 0.667. The average molecular weight is 302 g/mol. The highest BCUT2D eigenvalue weighted by molar-refractivity contribution is 9.10. The molecule has 1 rings (SSSR count). The van der Waals surface area contributed by atoms with Crippen LogP contribution in [0.1, 0.15) is 32.2 Å². The standard InChI is InChI=1S/C12H20BrN3O/c1-5-16-11(12(13)9(4)15-16)6-10(17)7-14-8(2)3/h8,14H,5-7H2,1-4H3. The summed E-state index contributed by atoms with van der Waals surface area (Å²) in [7, 11) is 0. The number of nitrogens with one attached hydrogen (secondary N) is 1. The zero-order chi connectivity index (χ0) is 13.0. The fourth-order valence-corrected chi connectivity index (χ4v) is 2.03. The van der Waals surface area contributed by atoms with Gasteiger partial charge >= 0.3 is 0 Å². The van der Waals surface area contributed by atoms with Crippen molar-refractivity contribution in [2.24, 2.45) is 0 Å². The van der Waals surface area contributed by atoms with E-state index in [1.807, 2.05) is 32.4 Å². The number of rotatable bonds is 6. The highest BCUT2D eigenvalue weighted by Crippen LogP contribution is 2.21. The number of ketones is 1. The highest BCUT2D eigenvalue weighted by Gasteiger charge is 2.15. The average Bonchev–Trinajstić information content (AvgIpc) is 2.54. The number of aromatic nitrogens is 2. The smallest absolute Gasteiger partial charge is 0.152 e. The first kappa shape index (κ1) is 14.4. The maximum atomic E-state index is 11.8. The Morgan fingerprint density at radius 3 is 2.71 bits per heavy atom. The minimum atomic E-state index is 0.189. The van der Waals surface area contributed by atoms with E-state index in [0.29, 0.717) is 19.0 Å². The first-order valence-corrected chi connectivity index (χ1v) is 6.71. The van der Waals surface area contributed by atoms with Gasteiger partial charge in [0.2, 0.25) is 0 Å². The predicted octanol–water partition coefficient (Wildman–Crippen LogP) is 2.08. The molecule has 0 aliphatic carbocycles. The van der Waals surface area contributed by atoms with Crippen LogP contribution < -0.4 is 5.32 Å². The van der Waals surface area contributed by atoms with E-state index in [9.17, 15) is 4.79 Å². The van der Waals surface area contributed by atoms with Crippen molar-refractivity contribution in [1.29, 1.82) is 0 Å². The number of hydrogen-bond donors (Lipinski definition) is 1. The van der Waals surface area contributed by atoms with Gasteiger partial charge in [-0.15, -0.1) is 0 Å². The van der Waals surface area contributed by atoms with Gasteiger partial charge in [0.1, 0.15) is 0 Å². The molecular weight excluding hydrogens is 282 g/mol. The molecule has 96 valence electrons. The maximum Gasteiger partial charge on any atom is 0.152 e. The molecule has 0 atom stereocenters. The van der Waals surface area contributed by atoms with Gasteiger partial charge in [-0.25, -0.2) is 0 Å². The van der Waals surface area contributed by atoms with Gasteiger partial charge in [-0.05, 0) is 29.8 Å². The lowest BCUT2D eigenvalue weighted by molar-refractivity contribution is -0.117. The lowest BCUT2D eigenvalue weighted by Crippen LogP contribution is -2.30. The summed E-state index contributed by atoms with van der Waals surface area (Å²) in [6.45, 7) is 9.23. The van der Waals surface area contributed by atoms with E-state index in [1.165, 1.54) is 0 Å². The van der Waals surface area contributed by atoms with E-state index in [-0.39, 0.29) is 5.78 Å². The molecule has 0 saturated heterocycles. The van der Waals surface area contributed by atoms with Crippen molar-refractivity contribution in [3.63, 3.8) is 0 Å². The number of Topliss-reactive ketones (excluding diaryl/α,β-unsaturated/α-hetero) is 1. The number of carbonyl (C=O) groups excluding carboxylic acids is 1. The van der Waals surface area contributed by atoms with Crippen LogP contribution in [0, 0.1) is 6.92 Å². The normalized spacial score (nSPS) is 11.2. The van der Waals surface area contributed by atoms with Gasteiger partial charge < -0.3 is 5.32 Å². The molecule has 0 unspecified atom stereocenters. The van der Waals surface area contributed by atoms with Crippen molar-refractivity contribution in [2.45, 2.75) is 46.7 Å². The van der Waals surface area contributed by atoms with Gasteiger partial charge in [-0.2, -0.15) is 5.10 Å². The highest BCUT2D eigenvalue weighted by atomic mass is 79.9. The van der Waals surface area contributed by atoms with E-state index < -0.39 is 0 Å². The quantitative estimate of drug-likeness (QED) is 0.875. The molecule has 0 aliphatic rings. The Morgan fingerprint density at radius 1 is 1.53 bits per heavy atom. The van der Waals surface area contributed by atoms with Crippen molar-refractivity contribution in [1.82, 2.24) is 15.1 Å². The molecular formula is C12H20BrN3O. The molecule has 0 aromatic carbocycles. The van der Waals surface area contributed by atoms with Gasteiger partial charge in [0.05, 0.1) is 28.8 Å². The number of aryl methyl sites for hydroxylation is 2. The molecule has 1 aromatic heterocycles. The monoisotopic (exact) mass is 301 g/mol.